The molecule has 0 N–H and O–H groups in total. The molecule has 0 spiro atoms. The van der Waals surface area contributed by atoms with E-state index in [0.717, 1.165) is 10.4 Å². The van der Waals surface area contributed by atoms with Crippen molar-refractivity contribution in [1.82, 2.24) is 0 Å². The number of non-ortho nitro benzene ring substituents is 1. The van der Waals surface area contributed by atoms with Crippen LogP contribution in [0.5, 0.6) is 5.75 Å². The molecule has 8 heteroatoms. The zero-order valence-corrected chi connectivity index (χ0v) is 15.8. The number of hydrogen-bond acceptors (Lipinski definition) is 7. The summed E-state index contributed by atoms with van der Waals surface area (Å²) in [5, 5.41) is 12.6. The highest BCUT2D eigenvalue weighted by molar-refractivity contribution is 7.12. The Hall–Kier alpha value is -3.78. The molecule has 0 fully saturated rings. The summed E-state index contributed by atoms with van der Waals surface area (Å²) < 4.78 is 11.1. The SMILES string of the molecule is O=C1OC(c2cccs2)=N/C1=C\c1ccccc1OCc1ccc([N+](=O)[O-])cc1. The smallest absolute Gasteiger partial charge is 0.363 e. The van der Waals surface area contributed by atoms with E-state index < -0.39 is 10.9 Å². The average molecular weight is 406 g/mol. The summed E-state index contributed by atoms with van der Waals surface area (Å²) in [6.07, 6.45) is 1.62. The van der Waals surface area contributed by atoms with Crippen molar-refractivity contribution in [2.75, 3.05) is 0 Å². The maximum atomic E-state index is 12.2. The molecule has 0 radical (unpaired) electrons. The van der Waals surface area contributed by atoms with Crippen molar-refractivity contribution < 1.29 is 19.2 Å². The second kappa shape index (κ2) is 8.07. The number of esters is 1. The Morgan fingerprint density at radius 2 is 1.90 bits per heavy atom. The topological polar surface area (TPSA) is 91.0 Å². The van der Waals surface area contributed by atoms with Gasteiger partial charge in [-0.3, -0.25) is 10.1 Å². The van der Waals surface area contributed by atoms with Crippen LogP contribution < -0.4 is 4.74 Å². The summed E-state index contributed by atoms with van der Waals surface area (Å²) >= 11 is 1.44. The fourth-order valence-electron chi connectivity index (χ4n) is 2.67. The minimum absolute atomic E-state index is 0.0260. The van der Waals surface area contributed by atoms with Gasteiger partial charge in [-0.15, -0.1) is 11.3 Å². The molecule has 29 heavy (non-hydrogen) atoms. The number of rotatable bonds is 6. The lowest BCUT2D eigenvalue weighted by Gasteiger charge is -2.09. The van der Waals surface area contributed by atoms with Gasteiger partial charge in [0.25, 0.3) is 5.69 Å². The number of thiophene rings is 1. The van der Waals surface area contributed by atoms with Crippen LogP contribution in [0, 0.1) is 10.1 Å². The van der Waals surface area contributed by atoms with E-state index in [-0.39, 0.29) is 18.0 Å². The summed E-state index contributed by atoms with van der Waals surface area (Å²) in [5.74, 6) is 0.338. The molecule has 2 aromatic carbocycles. The molecule has 0 saturated heterocycles. The Balaban J connectivity index is 1.53. The number of nitro benzene ring substituents is 1. The van der Waals surface area contributed by atoms with E-state index in [9.17, 15) is 14.9 Å². The maximum Gasteiger partial charge on any atom is 0.363 e. The van der Waals surface area contributed by atoms with Gasteiger partial charge in [0.15, 0.2) is 5.70 Å². The first-order valence-corrected chi connectivity index (χ1v) is 9.50. The van der Waals surface area contributed by atoms with Gasteiger partial charge in [-0.25, -0.2) is 9.79 Å². The van der Waals surface area contributed by atoms with Crippen molar-refractivity contribution in [1.29, 1.82) is 0 Å². The van der Waals surface area contributed by atoms with Gasteiger partial charge in [-0.05, 0) is 41.3 Å². The molecular formula is C21H14N2O5S. The largest absolute Gasteiger partial charge is 0.488 e. The van der Waals surface area contributed by atoms with Crippen LogP contribution in [-0.2, 0) is 16.1 Å². The van der Waals surface area contributed by atoms with Gasteiger partial charge in [0, 0.05) is 17.7 Å². The zero-order chi connectivity index (χ0) is 20.2. The Kier molecular flexibility index (Phi) is 5.17. The van der Waals surface area contributed by atoms with Gasteiger partial charge in [0.05, 0.1) is 9.80 Å². The van der Waals surface area contributed by atoms with Crippen LogP contribution in [0.1, 0.15) is 16.0 Å². The van der Waals surface area contributed by atoms with E-state index in [1.807, 2.05) is 35.7 Å². The second-order valence-electron chi connectivity index (χ2n) is 6.06. The maximum absolute atomic E-state index is 12.2. The number of ether oxygens (including phenoxy) is 2. The van der Waals surface area contributed by atoms with Crippen molar-refractivity contribution in [3.8, 4) is 5.75 Å². The summed E-state index contributed by atoms with van der Waals surface area (Å²) in [7, 11) is 0. The molecule has 1 aliphatic heterocycles. The third-order valence-corrected chi connectivity index (χ3v) is 4.96. The number of nitrogens with zero attached hydrogens (tertiary/aromatic N) is 2. The standard InChI is InChI=1S/C21H14N2O5S/c24-21-17(22-20(28-21)19-6-3-11-29-19)12-15-4-1-2-5-18(15)27-13-14-7-9-16(10-8-14)23(25)26/h1-12H,13H2/b17-12-. The number of para-hydroxylation sites is 1. The Bertz CT molecular complexity index is 1120. The number of carbonyl (C=O) groups excluding carboxylic acids is 1. The van der Waals surface area contributed by atoms with Gasteiger partial charge < -0.3 is 9.47 Å². The first kappa shape index (κ1) is 18.6. The summed E-state index contributed by atoms with van der Waals surface area (Å²) in [5.41, 5.74) is 1.69. The molecule has 0 amide bonds. The lowest BCUT2D eigenvalue weighted by Crippen LogP contribution is -2.03. The Morgan fingerprint density at radius 3 is 2.62 bits per heavy atom. The molecule has 0 atom stereocenters. The molecule has 0 unspecified atom stereocenters. The quantitative estimate of drug-likeness (QED) is 0.259. The molecule has 1 aliphatic rings. The van der Waals surface area contributed by atoms with Crippen molar-refractivity contribution in [2.45, 2.75) is 6.61 Å². The molecule has 144 valence electrons. The second-order valence-corrected chi connectivity index (χ2v) is 7.01. The molecule has 0 bridgehead atoms. The van der Waals surface area contributed by atoms with E-state index >= 15 is 0 Å². The van der Waals surface area contributed by atoms with Gasteiger partial charge in [-0.2, -0.15) is 0 Å². The summed E-state index contributed by atoms with van der Waals surface area (Å²) in [4.78, 5) is 27.5. The average Bonchev–Trinajstić information content (AvgIpc) is 3.38. The monoisotopic (exact) mass is 406 g/mol. The lowest BCUT2D eigenvalue weighted by molar-refractivity contribution is -0.384. The van der Waals surface area contributed by atoms with Gasteiger partial charge in [-0.1, -0.05) is 24.3 Å². The number of aliphatic imine (C=N–C) groups is 1. The third-order valence-electron chi connectivity index (χ3n) is 4.11. The number of benzene rings is 2. The van der Waals surface area contributed by atoms with Crippen LogP contribution in [0.3, 0.4) is 0 Å². The molecule has 7 nitrogen and oxygen atoms in total. The normalized spacial score (nSPS) is 14.6. The molecule has 0 aliphatic carbocycles. The van der Waals surface area contributed by atoms with Gasteiger partial charge in [0.2, 0.25) is 5.90 Å². The summed E-state index contributed by atoms with van der Waals surface area (Å²) in [6.45, 7) is 0.229. The zero-order valence-electron chi connectivity index (χ0n) is 15.0. The van der Waals surface area contributed by atoms with Crippen LogP contribution >= 0.6 is 11.3 Å². The molecule has 2 heterocycles. The number of hydrogen-bond donors (Lipinski definition) is 0. The van der Waals surface area contributed by atoms with E-state index in [1.165, 1.54) is 23.5 Å². The number of nitro groups is 1. The first-order valence-electron chi connectivity index (χ1n) is 8.62. The van der Waals surface area contributed by atoms with Crippen LogP contribution in [-0.4, -0.2) is 16.8 Å². The molecular weight excluding hydrogens is 392 g/mol. The van der Waals surface area contributed by atoms with Crippen LogP contribution in [0.2, 0.25) is 0 Å². The first-order chi connectivity index (χ1) is 14.1. The van der Waals surface area contributed by atoms with Crippen molar-refractivity contribution in [3.63, 3.8) is 0 Å². The number of cyclic esters (lactones) is 1. The summed E-state index contributed by atoms with van der Waals surface area (Å²) in [6, 6.07) is 17.1. The fraction of sp³-hybridized carbons (Fsp3) is 0.0476. The molecule has 3 aromatic rings. The Morgan fingerprint density at radius 1 is 1.10 bits per heavy atom. The van der Waals surface area contributed by atoms with Crippen LogP contribution in [0.4, 0.5) is 5.69 Å². The predicted molar refractivity (Wildman–Crippen MR) is 109 cm³/mol. The van der Waals surface area contributed by atoms with Crippen molar-refractivity contribution >= 4 is 35.0 Å². The van der Waals surface area contributed by atoms with Crippen molar-refractivity contribution in [3.05, 3.63) is 97.9 Å². The van der Waals surface area contributed by atoms with Gasteiger partial charge in [0.1, 0.15) is 12.4 Å². The van der Waals surface area contributed by atoms with E-state index in [0.29, 0.717) is 17.2 Å². The molecule has 0 saturated carbocycles. The van der Waals surface area contributed by atoms with E-state index in [4.69, 9.17) is 9.47 Å². The van der Waals surface area contributed by atoms with Crippen LogP contribution in [0.15, 0.2) is 76.7 Å². The minimum atomic E-state index is -0.515. The van der Waals surface area contributed by atoms with Crippen LogP contribution in [0.25, 0.3) is 6.08 Å². The van der Waals surface area contributed by atoms with Crippen molar-refractivity contribution in [2.24, 2.45) is 4.99 Å². The van der Waals surface area contributed by atoms with Gasteiger partial charge >= 0.3 is 5.97 Å². The predicted octanol–water partition coefficient (Wildman–Crippen LogP) is 4.58. The minimum Gasteiger partial charge on any atom is -0.488 e. The third kappa shape index (κ3) is 4.22. The van der Waals surface area contributed by atoms with E-state index in [2.05, 4.69) is 4.99 Å². The highest BCUT2D eigenvalue weighted by Gasteiger charge is 2.25. The fourth-order valence-corrected chi connectivity index (χ4v) is 3.32. The highest BCUT2D eigenvalue weighted by Crippen LogP contribution is 2.26. The number of carbonyl (C=O) groups is 1. The molecule has 1 aromatic heterocycles. The molecule has 4 rings (SSSR count). The highest BCUT2D eigenvalue weighted by atomic mass is 32.1. The Labute approximate surface area is 169 Å². The lowest BCUT2D eigenvalue weighted by atomic mass is 10.1. The van der Waals surface area contributed by atoms with E-state index in [1.54, 1.807) is 24.3 Å².